The van der Waals surface area contributed by atoms with Gasteiger partial charge in [0, 0.05) is 0 Å². The first-order valence-corrected chi connectivity index (χ1v) is 6.32. The Balaban J connectivity index is 3.67. The van der Waals surface area contributed by atoms with Crippen molar-refractivity contribution >= 4 is 0 Å². The van der Waals surface area contributed by atoms with Crippen LogP contribution in [0.25, 0.3) is 0 Å². The topological polar surface area (TPSA) is 27.0 Å². The van der Waals surface area contributed by atoms with Crippen molar-refractivity contribution in [2.45, 2.75) is 47.0 Å². The van der Waals surface area contributed by atoms with Crippen molar-refractivity contribution < 1.29 is 0 Å². The zero-order chi connectivity index (χ0) is 12.4. The van der Waals surface area contributed by atoms with Gasteiger partial charge < -0.3 is 0 Å². The first-order valence-electron chi connectivity index (χ1n) is 6.32. The number of hydrogen-bond acceptors (Lipinski definition) is 2. The monoisotopic (exact) mass is 222 g/mol. The fraction of sp³-hybridized carbons (Fsp3) is 0.786. The zero-order valence-electron chi connectivity index (χ0n) is 11.3. The zero-order valence-corrected chi connectivity index (χ0v) is 11.3. The van der Waals surface area contributed by atoms with Gasteiger partial charge in [0.15, 0.2) is 0 Å². The standard InChI is InChI=1S/C14H26N2/c1-5-16(12-10-15)11-9-14(4)8-6-7-13(2)3/h7,14H,5-6,8-9,11-12H2,1-4H3/t14-/m1/s1. The third-order valence-electron chi connectivity index (χ3n) is 2.89. The fourth-order valence-electron chi connectivity index (χ4n) is 1.65. The van der Waals surface area contributed by atoms with Crippen LogP contribution in [0.1, 0.15) is 47.0 Å². The normalized spacial score (nSPS) is 12.2. The highest BCUT2D eigenvalue weighted by Gasteiger charge is 2.05. The average Bonchev–Trinajstić information content (AvgIpc) is 2.23. The quantitative estimate of drug-likeness (QED) is 0.463. The molecule has 0 amide bonds. The van der Waals surface area contributed by atoms with Crippen LogP contribution in [0.5, 0.6) is 0 Å². The summed E-state index contributed by atoms with van der Waals surface area (Å²) in [5.41, 5.74) is 1.41. The van der Waals surface area contributed by atoms with Crippen molar-refractivity contribution in [3.8, 4) is 6.07 Å². The summed E-state index contributed by atoms with van der Waals surface area (Å²) in [4.78, 5) is 2.21. The lowest BCUT2D eigenvalue weighted by atomic mass is 10.0. The summed E-state index contributed by atoms with van der Waals surface area (Å²) < 4.78 is 0. The maximum atomic E-state index is 8.64. The van der Waals surface area contributed by atoms with E-state index in [1.807, 2.05) is 0 Å². The van der Waals surface area contributed by atoms with Crippen molar-refractivity contribution in [1.29, 1.82) is 5.26 Å². The van der Waals surface area contributed by atoms with E-state index in [1.165, 1.54) is 24.8 Å². The molecule has 0 saturated carbocycles. The molecule has 0 bridgehead atoms. The number of rotatable bonds is 8. The van der Waals surface area contributed by atoms with Gasteiger partial charge in [-0.15, -0.1) is 0 Å². The minimum absolute atomic E-state index is 0.567. The van der Waals surface area contributed by atoms with Crippen molar-refractivity contribution in [2.24, 2.45) is 5.92 Å². The van der Waals surface area contributed by atoms with Crippen LogP contribution in [0.2, 0.25) is 0 Å². The molecular weight excluding hydrogens is 196 g/mol. The summed E-state index contributed by atoms with van der Waals surface area (Å²) in [5.74, 6) is 0.753. The van der Waals surface area contributed by atoms with Crippen LogP contribution in [0.3, 0.4) is 0 Å². The maximum absolute atomic E-state index is 8.64. The molecule has 0 radical (unpaired) electrons. The lowest BCUT2D eigenvalue weighted by molar-refractivity contribution is 0.291. The molecule has 0 aromatic rings. The van der Waals surface area contributed by atoms with E-state index in [2.05, 4.69) is 44.7 Å². The Hall–Kier alpha value is -0.810. The van der Waals surface area contributed by atoms with Crippen LogP contribution in [0.4, 0.5) is 0 Å². The van der Waals surface area contributed by atoms with Gasteiger partial charge in [0.05, 0.1) is 12.6 Å². The highest BCUT2D eigenvalue weighted by Crippen LogP contribution is 2.12. The first-order chi connectivity index (χ1) is 7.60. The van der Waals surface area contributed by atoms with E-state index < -0.39 is 0 Å². The molecule has 0 rings (SSSR count). The van der Waals surface area contributed by atoms with Crippen LogP contribution >= 0.6 is 0 Å². The summed E-state index contributed by atoms with van der Waals surface area (Å²) in [7, 11) is 0. The molecule has 0 unspecified atom stereocenters. The van der Waals surface area contributed by atoms with Gasteiger partial charge in [-0.3, -0.25) is 4.90 Å². The van der Waals surface area contributed by atoms with Gasteiger partial charge in [-0.2, -0.15) is 5.26 Å². The molecule has 0 fully saturated rings. The lowest BCUT2D eigenvalue weighted by Gasteiger charge is -2.19. The minimum atomic E-state index is 0.567. The van der Waals surface area contributed by atoms with Gasteiger partial charge >= 0.3 is 0 Å². The number of nitrogens with zero attached hydrogens (tertiary/aromatic N) is 2. The van der Waals surface area contributed by atoms with Crippen LogP contribution in [0.15, 0.2) is 11.6 Å². The summed E-state index contributed by atoms with van der Waals surface area (Å²) in [6, 6.07) is 2.22. The van der Waals surface area contributed by atoms with Crippen LogP contribution in [-0.4, -0.2) is 24.5 Å². The van der Waals surface area contributed by atoms with Gasteiger partial charge in [-0.25, -0.2) is 0 Å². The first kappa shape index (κ1) is 15.2. The van der Waals surface area contributed by atoms with Crippen LogP contribution < -0.4 is 0 Å². The second kappa shape index (κ2) is 9.42. The highest BCUT2D eigenvalue weighted by atomic mass is 15.1. The molecule has 92 valence electrons. The molecule has 2 nitrogen and oxygen atoms in total. The van der Waals surface area contributed by atoms with E-state index in [-0.39, 0.29) is 0 Å². The smallest absolute Gasteiger partial charge is 0.0865 e. The van der Waals surface area contributed by atoms with Gasteiger partial charge in [0.25, 0.3) is 0 Å². The Morgan fingerprint density at radius 2 is 2.06 bits per heavy atom. The second-order valence-electron chi connectivity index (χ2n) is 4.78. The molecule has 0 heterocycles. The molecule has 2 heteroatoms. The molecule has 0 aromatic heterocycles. The predicted octanol–water partition coefficient (Wildman–Crippen LogP) is 3.60. The van der Waals surface area contributed by atoms with E-state index in [9.17, 15) is 0 Å². The molecule has 0 saturated heterocycles. The molecule has 0 aliphatic rings. The van der Waals surface area contributed by atoms with Gasteiger partial charge in [0.2, 0.25) is 0 Å². The van der Waals surface area contributed by atoms with Gasteiger partial charge in [0.1, 0.15) is 0 Å². The highest BCUT2D eigenvalue weighted by molar-refractivity contribution is 4.92. The fourth-order valence-corrected chi connectivity index (χ4v) is 1.65. The van der Waals surface area contributed by atoms with Crippen LogP contribution in [0, 0.1) is 17.2 Å². The summed E-state index contributed by atoms with van der Waals surface area (Å²) in [6.07, 6.45) is 5.96. The third-order valence-corrected chi connectivity index (χ3v) is 2.89. The summed E-state index contributed by atoms with van der Waals surface area (Å²) in [5, 5.41) is 8.64. The molecule has 0 aliphatic carbocycles. The molecule has 0 spiro atoms. The van der Waals surface area contributed by atoms with Crippen LogP contribution in [-0.2, 0) is 0 Å². The molecule has 1 atom stereocenters. The van der Waals surface area contributed by atoms with E-state index in [1.54, 1.807) is 0 Å². The summed E-state index contributed by atoms with van der Waals surface area (Å²) in [6.45, 7) is 11.3. The van der Waals surface area contributed by atoms with Gasteiger partial charge in [-0.1, -0.05) is 25.5 Å². The Labute approximate surface area is 101 Å². The summed E-state index contributed by atoms with van der Waals surface area (Å²) >= 11 is 0. The average molecular weight is 222 g/mol. The largest absolute Gasteiger partial charge is 0.291 e. The lowest BCUT2D eigenvalue weighted by Crippen LogP contribution is -2.26. The molecule has 0 N–H and O–H groups in total. The number of allylic oxidation sites excluding steroid dienone is 2. The van der Waals surface area contributed by atoms with Gasteiger partial charge in [-0.05, 0) is 52.1 Å². The SMILES string of the molecule is CCN(CC#N)CC[C@H](C)CCC=C(C)C. The maximum Gasteiger partial charge on any atom is 0.0865 e. The Morgan fingerprint density at radius 3 is 2.56 bits per heavy atom. The third kappa shape index (κ3) is 8.49. The minimum Gasteiger partial charge on any atom is -0.291 e. The Bertz CT molecular complexity index is 234. The Morgan fingerprint density at radius 1 is 1.38 bits per heavy atom. The van der Waals surface area contributed by atoms with E-state index in [0.29, 0.717) is 6.54 Å². The molecule has 16 heavy (non-hydrogen) atoms. The van der Waals surface area contributed by atoms with Crippen molar-refractivity contribution in [1.82, 2.24) is 4.90 Å². The Kier molecular flexibility index (Phi) is 8.94. The predicted molar refractivity (Wildman–Crippen MR) is 70.2 cm³/mol. The molecular formula is C14H26N2. The van der Waals surface area contributed by atoms with E-state index in [0.717, 1.165) is 19.0 Å². The number of nitriles is 1. The second-order valence-corrected chi connectivity index (χ2v) is 4.78. The van der Waals surface area contributed by atoms with Crippen molar-refractivity contribution in [2.75, 3.05) is 19.6 Å². The van der Waals surface area contributed by atoms with E-state index >= 15 is 0 Å². The van der Waals surface area contributed by atoms with Crippen molar-refractivity contribution in [3.63, 3.8) is 0 Å². The van der Waals surface area contributed by atoms with Crippen molar-refractivity contribution in [3.05, 3.63) is 11.6 Å². The molecule has 0 aromatic carbocycles. The number of hydrogen-bond donors (Lipinski definition) is 0. The van der Waals surface area contributed by atoms with E-state index in [4.69, 9.17) is 5.26 Å². The molecule has 0 aliphatic heterocycles.